The molecule has 2 unspecified atom stereocenters. The number of β-lactam (4-membered cyclic amide) rings is 1. The zero-order chi connectivity index (χ0) is 29.4. The lowest BCUT2D eigenvalue weighted by atomic mass is 9.93. The number of hydrogen-bond donors (Lipinski definition) is 2. The average molecular weight is 578 g/mol. The van der Waals surface area contributed by atoms with Crippen LogP contribution in [0, 0.1) is 0 Å². The normalized spacial score (nSPS) is 23.6. The number of ether oxygens (including phenoxy) is 2. The number of carbonyl (C=O) groups is 3. The predicted octanol–water partition coefficient (Wildman–Crippen LogP) is 2.11. The van der Waals surface area contributed by atoms with Crippen molar-refractivity contribution in [2.24, 2.45) is 5.73 Å². The molecule has 2 saturated heterocycles. The van der Waals surface area contributed by atoms with Crippen molar-refractivity contribution in [2.45, 2.75) is 35.8 Å². The van der Waals surface area contributed by atoms with E-state index in [0.717, 1.165) is 4.90 Å². The van der Waals surface area contributed by atoms with Crippen LogP contribution < -0.4 is 5.73 Å². The number of rotatable bonds is 8. The number of amides is 2. The summed E-state index contributed by atoms with van der Waals surface area (Å²) < 4.78 is 36.7. The van der Waals surface area contributed by atoms with Gasteiger partial charge in [0.05, 0.1) is 17.9 Å². The maximum atomic E-state index is 14.0. The molecule has 0 spiro atoms. The maximum Gasteiger partial charge on any atom is 0.404 e. The Labute approximate surface area is 236 Å². The summed E-state index contributed by atoms with van der Waals surface area (Å²) in [6.07, 6.45) is 0.575. The fraction of sp³-hybridized carbons (Fsp3) is 0.241. The number of sulfone groups is 1. The first-order chi connectivity index (χ1) is 19.6. The van der Waals surface area contributed by atoms with Gasteiger partial charge in [0.25, 0.3) is 5.91 Å². The van der Waals surface area contributed by atoms with E-state index >= 15 is 0 Å². The summed E-state index contributed by atoms with van der Waals surface area (Å²) in [6.45, 7) is 0.170. The van der Waals surface area contributed by atoms with Crippen molar-refractivity contribution >= 4 is 33.9 Å². The highest BCUT2D eigenvalue weighted by molar-refractivity contribution is 7.94. The summed E-state index contributed by atoms with van der Waals surface area (Å²) >= 11 is 0. The Morgan fingerprint density at radius 3 is 2.27 bits per heavy atom. The Balaban J connectivity index is 1.56. The molecule has 5 rings (SSSR count). The van der Waals surface area contributed by atoms with E-state index in [1.165, 1.54) is 25.3 Å². The smallest absolute Gasteiger partial charge is 0.404 e. The molecule has 2 aliphatic heterocycles. The van der Waals surface area contributed by atoms with Gasteiger partial charge in [0, 0.05) is 6.20 Å². The van der Waals surface area contributed by atoms with Crippen molar-refractivity contribution in [1.82, 2.24) is 9.88 Å². The molecule has 0 radical (unpaired) electrons. The number of aliphatic hydroxyl groups is 1. The molecule has 41 heavy (non-hydrogen) atoms. The van der Waals surface area contributed by atoms with E-state index < -0.39 is 56.7 Å². The molecule has 1 aromatic heterocycles. The second-order valence-corrected chi connectivity index (χ2v) is 12.4. The van der Waals surface area contributed by atoms with E-state index in [4.69, 9.17) is 15.2 Å². The molecular weight excluding hydrogens is 550 g/mol. The van der Waals surface area contributed by atoms with Gasteiger partial charge in [0.1, 0.15) is 11.4 Å². The van der Waals surface area contributed by atoms with Crippen molar-refractivity contribution in [3.63, 3.8) is 0 Å². The van der Waals surface area contributed by atoms with Crippen LogP contribution in [-0.2, 0) is 35.5 Å². The van der Waals surface area contributed by atoms with Gasteiger partial charge < -0.3 is 25.2 Å². The highest BCUT2D eigenvalue weighted by Crippen LogP contribution is 2.50. The van der Waals surface area contributed by atoms with E-state index in [1.807, 2.05) is 0 Å². The van der Waals surface area contributed by atoms with Gasteiger partial charge in [-0.15, -0.1) is 0 Å². The molecule has 2 aromatic carbocycles. The van der Waals surface area contributed by atoms with Crippen LogP contribution in [0.1, 0.15) is 35.4 Å². The van der Waals surface area contributed by atoms with Gasteiger partial charge in [-0.1, -0.05) is 60.7 Å². The van der Waals surface area contributed by atoms with Crippen LogP contribution in [0.3, 0.4) is 0 Å². The van der Waals surface area contributed by atoms with Crippen LogP contribution in [-0.4, -0.2) is 64.1 Å². The summed E-state index contributed by atoms with van der Waals surface area (Å²) in [5.41, 5.74) is 7.06. The van der Waals surface area contributed by atoms with E-state index in [0.29, 0.717) is 16.7 Å². The monoisotopic (exact) mass is 577 g/mol. The minimum atomic E-state index is -4.37. The van der Waals surface area contributed by atoms with E-state index in [-0.39, 0.29) is 17.9 Å². The number of aliphatic hydroxyl groups excluding tert-OH is 1. The molecule has 2 fully saturated rings. The Bertz CT molecular complexity index is 1590. The van der Waals surface area contributed by atoms with E-state index in [2.05, 4.69) is 4.98 Å². The maximum absolute atomic E-state index is 14.0. The SMILES string of the molecule is C[C@]1(COC(N)=O)C(C(=O)OC(c2ccccc2)c2ccccc2)N2C(=O)/C(=C/c3cc(CO)ccn3)C2S1(=O)=O. The Kier molecular flexibility index (Phi) is 7.37. The number of carbonyl (C=O) groups excluding carboxylic acids is 3. The summed E-state index contributed by atoms with van der Waals surface area (Å²) in [5, 5.41) is 7.92. The van der Waals surface area contributed by atoms with Gasteiger partial charge in [-0.2, -0.15) is 0 Å². The van der Waals surface area contributed by atoms with Crippen LogP contribution in [0.2, 0.25) is 0 Å². The lowest BCUT2D eigenvalue weighted by molar-refractivity contribution is -0.161. The topological polar surface area (TPSA) is 166 Å². The number of nitrogens with zero attached hydrogens (tertiary/aromatic N) is 2. The van der Waals surface area contributed by atoms with E-state index in [1.54, 1.807) is 66.7 Å². The summed E-state index contributed by atoms with van der Waals surface area (Å²) in [5.74, 6) is -1.70. The van der Waals surface area contributed by atoms with Gasteiger partial charge >= 0.3 is 12.1 Å². The second kappa shape index (κ2) is 10.8. The number of aromatic nitrogens is 1. The summed E-state index contributed by atoms with van der Waals surface area (Å²) in [7, 11) is -4.37. The molecule has 2 amide bonds. The Hall–Kier alpha value is -4.55. The standard InChI is InChI=1S/C29H27N3O8S/c1-29(17-39-28(30)36)24(27(35)40-23(19-8-4-2-5-9-19)20-10-6-3-7-11-20)32-25(34)22(26(32)41(29,37)38)15-21-14-18(16-33)12-13-31-21/h2-15,23-24,26,33H,16-17H2,1H3,(H2,30,36)/b22-15-/t24?,26?,29-/m0/s1. The fourth-order valence-electron chi connectivity index (χ4n) is 5.19. The van der Waals surface area contributed by atoms with Crippen LogP contribution in [0.5, 0.6) is 0 Å². The molecule has 2 aliphatic rings. The van der Waals surface area contributed by atoms with Crippen LogP contribution in [0.25, 0.3) is 6.08 Å². The van der Waals surface area contributed by atoms with Crippen LogP contribution >= 0.6 is 0 Å². The average Bonchev–Trinajstić information content (AvgIpc) is 3.14. The first-order valence-corrected chi connectivity index (χ1v) is 14.2. The van der Waals surface area contributed by atoms with Crippen molar-refractivity contribution < 1.29 is 37.4 Å². The minimum absolute atomic E-state index is 0.115. The molecule has 3 aromatic rings. The molecule has 11 nitrogen and oxygen atoms in total. The van der Waals surface area contributed by atoms with Gasteiger partial charge in [0.2, 0.25) is 0 Å². The molecule has 0 saturated carbocycles. The Morgan fingerprint density at radius 1 is 1.10 bits per heavy atom. The largest absolute Gasteiger partial charge is 0.451 e. The highest BCUT2D eigenvalue weighted by atomic mass is 32.2. The Morgan fingerprint density at radius 2 is 1.71 bits per heavy atom. The number of nitrogens with two attached hydrogens (primary N) is 1. The summed E-state index contributed by atoms with van der Waals surface area (Å²) in [4.78, 5) is 43.9. The predicted molar refractivity (Wildman–Crippen MR) is 146 cm³/mol. The van der Waals surface area contributed by atoms with Crippen LogP contribution in [0.15, 0.2) is 84.6 Å². The van der Waals surface area contributed by atoms with Crippen molar-refractivity contribution in [3.05, 3.63) is 107 Å². The molecule has 3 heterocycles. The van der Waals surface area contributed by atoms with Gasteiger partial charge in [0.15, 0.2) is 27.4 Å². The lowest BCUT2D eigenvalue weighted by Crippen LogP contribution is -2.60. The molecular formula is C29H27N3O8S. The van der Waals surface area contributed by atoms with Crippen molar-refractivity contribution in [1.29, 1.82) is 0 Å². The lowest BCUT2D eigenvalue weighted by Gasteiger charge is -2.39. The molecule has 212 valence electrons. The molecule has 3 N–H and O–H groups in total. The number of esters is 1. The fourth-order valence-corrected chi connectivity index (χ4v) is 7.46. The summed E-state index contributed by atoms with van der Waals surface area (Å²) in [6, 6.07) is 19.2. The highest BCUT2D eigenvalue weighted by Gasteiger charge is 2.73. The van der Waals surface area contributed by atoms with Crippen LogP contribution in [0.4, 0.5) is 4.79 Å². The number of benzene rings is 2. The van der Waals surface area contributed by atoms with Gasteiger partial charge in [-0.25, -0.2) is 18.0 Å². The van der Waals surface area contributed by atoms with E-state index in [9.17, 15) is 27.9 Å². The molecule has 3 atom stereocenters. The number of hydrogen-bond acceptors (Lipinski definition) is 9. The number of primary amides is 1. The van der Waals surface area contributed by atoms with Crippen molar-refractivity contribution in [2.75, 3.05) is 6.61 Å². The van der Waals surface area contributed by atoms with Gasteiger partial charge in [-0.05, 0) is 41.8 Å². The third kappa shape index (κ3) is 4.85. The van der Waals surface area contributed by atoms with Crippen molar-refractivity contribution in [3.8, 4) is 0 Å². The second-order valence-electron chi connectivity index (χ2n) is 9.92. The first kappa shape index (κ1) is 28.0. The third-order valence-corrected chi connectivity index (χ3v) is 10.0. The minimum Gasteiger partial charge on any atom is -0.451 e. The third-order valence-electron chi connectivity index (χ3n) is 7.30. The molecule has 12 heteroatoms. The number of pyridine rings is 1. The quantitative estimate of drug-likeness (QED) is 0.232. The number of fused-ring (bicyclic) bond motifs is 1. The molecule has 0 bridgehead atoms. The zero-order valence-electron chi connectivity index (χ0n) is 21.9. The zero-order valence-corrected chi connectivity index (χ0v) is 22.7. The first-order valence-electron chi connectivity index (χ1n) is 12.6. The molecule has 0 aliphatic carbocycles. The van der Waals surface area contributed by atoms with Gasteiger partial charge in [-0.3, -0.25) is 9.78 Å².